The van der Waals surface area contributed by atoms with Gasteiger partial charge in [-0.25, -0.2) is 0 Å². The van der Waals surface area contributed by atoms with Crippen molar-refractivity contribution >= 4 is 35.2 Å². The highest BCUT2D eigenvalue weighted by molar-refractivity contribution is 6.31. The van der Waals surface area contributed by atoms with Crippen LogP contribution in [0.15, 0.2) is 48.5 Å². The number of nitrogens with zero attached hydrogens (tertiary/aromatic N) is 3. The Bertz CT molecular complexity index is 1320. The van der Waals surface area contributed by atoms with E-state index in [1.54, 1.807) is 28.7 Å². The van der Waals surface area contributed by atoms with E-state index < -0.39 is 29.7 Å². The third-order valence-electron chi connectivity index (χ3n) is 8.26. The first-order valence-electron chi connectivity index (χ1n) is 14.5. The first-order chi connectivity index (χ1) is 19.8. The molecular weight excluding hydrogens is 554 g/mol. The Kier molecular flexibility index (Phi) is 9.63. The second-order valence-electron chi connectivity index (χ2n) is 12.4. The summed E-state index contributed by atoms with van der Waals surface area (Å²) in [6.07, 6.45) is 0.234. The lowest BCUT2D eigenvalue weighted by Gasteiger charge is -2.45. The fourth-order valence-corrected chi connectivity index (χ4v) is 5.79. The van der Waals surface area contributed by atoms with Crippen LogP contribution in [0.4, 0.5) is 0 Å². The number of hydrogen-bond acceptors (Lipinski definition) is 5. The van der Waals surface area contributed by atoms with Crippen LogP contribution in [-0.2, 0) is 32.0 Å². The Morgan fingerprint density at radius 1 is 1.07 bits per heavy atom. The van der Waals surface area contributed by atoms with Crippen molar-refractivity contribution in [2.45, 2.75) is 71.8 Å². The van der Waals surface area contributed by atoms with Crippen LogP contribution in [0.1, 0.15) is 44.4 Å². The number of benzene rings is 2. The summed E-state index contributed by atoms with van der Waals surface area (Å²) in [5, 5.41) is 6.44. The molecule has 2 fully saturated rings. The minimum Gasteiger partial charge on any atom is -0.342 e. The number of piperazine rings is 1. The highest BCUT2D eigenvalue weighted by Gasteiger charge is 2.53. The van der Waals surface area contributed by atoms with Gasteiger partial charge in [-0.15, -0.1) is 0 Å². The van der Waals surface area contributed by atoms with Crippen molar-refractivity contribution in [3.63, 3.8) is 0 Å². The second-order valence-corrected chi connectivity index (χ2v) is 12.8. The van der Waals surface area contributed by atoms with Crippen LogP contribution in [0.25, 0.3) is 0 Å². The van der Waals surface area contributed by atoms with E-state index in [9.17, 15) is 19.2 Å². The molecule has 2 saturated heterocycles. The molecule has 0 radical (unpaired) electrons. The van der Waals surface area contributed by atoms with Gasteiger partial charge in [-0.1, -0.05) is 80.4 Å². The van der Waals surface area contributed by atoms with Crippen LogP contribution >= 0.6 is 11.6 Å². The first kappa shape index (κ1) is 31.5. The van der Waals surface area contributed by atoms with E-state index in [0.29, 0.717) is 24.4 Å². The third-order valence-corrected chi connectivity index (χ3v) is 8.63. The van der Waals surface area contributed by atoms with Gasteiger partial charge >= 0.3 is 0 Å². The van der Waals surface area contributed by atoms with Gasteiger partial charge in [-0.2, -0.15) is 0 Å². The predicted molar refractivity (Wildman–Crippen MR) is 163 cm³/mol. The monoisotopic (exact) mass is 595 g/mol. The normalized spacial score (nSPS) is 20.4. The smallest absolute Gasteiger partial charge is 0.247 e. The molecule has 2 aromatic rings. The molecular formula is C32H42ClN5O4. The molecule has 42 heavy (non-hydrogen) atoms. The average molecular weight is 596 g/mol. The Labute approximate surface area is 253 Å². The summed E-state index contributed by atoms with van der Waals surface area (Å²) >= 11 is 6.40. The lowest BCUT2D eigenvalue weighted by molar-refractivity contribution is -0.156. The van der Waals surface area contributed by atoms with E-state index in [-0.39, 0.29) is 36.7 Å². The predicted octanol–water partition coefficient (Wildman–Crippen LogP) is 2.78. The van der Waals surface area contributed by atoms with Gasteiger partial charge in [0, 0.05) is 18.0 Å². The van der Waals surface area contributed by atoms with Crippen LogP contribution in [-0.4, -0.2) is 89.3 Å². The summed E-state index contributed by atoms with van der Waals surface area (Å²) in [4.78, 5) is 59.3. The molecule has 2 heterocycles. The van der Waals surface area contributed by atoms with E-state index in [4.69, 9.17) is 11.6 Å². The fourth-order valence-electron chi connectivity index (χ4n) is 5.56. The standard InChI is InChI=1S/C32H42ClN5O4/c1-20-11-13-22(14-12-20)17-25-30(41)36(16-15-23-9-7-8-10-24(23)33)18-26-37(19-27(39)38(25)26)31(42)28(32(3,4)5)35-29(40)21(2)34-6/h7-14,21,25-26,28,34H,15-19H2,1-6H3,(H,35,40)/t21?,25-,26+,28?/m0/s1. The summed E-state index contributed by atoms with van der Waals surface area (Å²) in [6, 6.07) is 13.3. The van der Waals surface area contributed by atoms with E-state index in [1.807, 2.05) is 76.2 Å². The topological polar surface area (TPSA) is 102 Å². The minimum absolute atomic E-state index is 0.148. The zero-order chi connectivity index (χ0) is 30.8. The molecule has 2 aromatic carbocycles. The number of nitrogens with one attached hydrogen (secondary N) is 2. The number of hydrogen-bond donors (Lipinski definition) is 2. The lowest BCUT2D eigenvalue weighted by atomic mass is 9.85. The molecule has 0 aliphatic carbocycles. The zero-order valence-corrected chi connectivity index (χ0v) is 26.1. The van der Waals surface area contributed by atoms with Crippen LogP contribution < -0.4 is 10.6 Å². The van der Waals surface area contributed by atoms with Gasteiger partial charge < -0.3 is 25.3 Å². The first-order valence-corrected chi connectivity index (χ1v) is 14.9. The number of carbonyl (C=O) groups excluding carboxylic acids is 4. The molecule has 9 nitrogen and oxygen atoms in total. The molecule has 2 N–H and O–H groups in total. The van der Waals surface area contributed by atoms with Crippen LogP contribution in [0.2, 0.25) is 5.02 Å². The lowest BCUT2D eigenvalue weighted by Crippen LogP contribution is -2.66. The zero-order valence-electron chi connectivity index (χ0n) is 25.3. The maximum absolute atomic E-state index is 14.1. The summed E-state index contributed by atoms with van der Waals surface area (Å²) < 4.78 is 0. The maximum Gasteiger partial charge on any atom is 0.247 e. The number of amides is 4. The van der Waals surface area contributed by atoms with Gasteiger partial charge in [-0.05, 0) is 49.9 Å². The fraction of sp³-hybridized carbons (Fsp3) is 0.500. The molecule has 226 valence electrons. The van der Waals surface area contributed by atoms with E-state index in [2.05, 4.69) is 10.6 Å². The van der Waals surface area contributed by atoms with Gasteiger partial charge in [0.2, 0.25) is 23.6 Å². The molecule has 4 amide bonds. The molecule has 0 saturated carbocycles. The number of aryl methyl sites for hydroxylation is 1. The van der Waals surface area contributed by atoms with Crippen molar-refractivity contribution in [3.8, 4) is 0 Å². The molecule has 0 bridgehead atoms. The largest absolute Gasteiger partial charge is 0.342 e. The van der Waals surface area contributed by atoms with Crippen molar-refractivity contribution in [1.29, 1.82) is 0 Å². The van der Waals surface area contributed by atoms with Crippen molar-refractivity contribution in [3.05, 3.63) is 70.2 Å². The summed E-state index contributed by atoms with van der Waals surface area (Å²) in [7, 11) is 1.68. The van der Waals surface area contributed by atoms with E-state index in [1.165, 1.54) is 0 Å². The SMILES string of the molecule is CNC(C)C(=O)NC(C(=O)N1CC(=O)N2[C@@H]1CN(CCc1ccccc1Cl)C(=O)[C@@H]2Cc1ccc(C)cc1)C(C)(C)C. The summed E-state index contributed by atoms with van der Waals surface area (Å²) in [6.45, 7) is 9.80. The van der Waals surface area contributed by atoms with Gasteiger partial charge in [-0.3, -0.25) is 19.2 Å². The number of fused-ring (bicyclic) bond motifs is 1. The Morgan fingerprint density at radius 3 is 2.36 bits per heavy atom. The van der Waals surface area contributed by atoms with Crippen LogP contribution in [0, 0.1) is 12.3 Å². The second kappa shape index (κ2) is 12.8. The highest BCUT2D eigenvalue weighted by Crippen LogP contribution is 2.31. The number of halogens is 1. The van der Waals surface area contributed by atoms with Crippen LogP contribution in [0.3, 0.4) is 0 Å². The molecule has 4 rings (SSSR count). The quantitative estimate of drug-likeness (QED) is 0.464. The highest BCUT2D eigenvalue weighted by atomic mass is 35.5. The minimum atomic E-state index is -0.863. The van der Waals surface area contributed by atoms with Gasteiger partial charge in [0.1, 0.15) is 24.8 Å². The average Bonchev–Trinajstić information content (AvgIpc) is 3.28. The maximum atomic E-state index is 14.1. The molecule has 2 aliphatic heterocycles. The summed E-state index contributed by atoms with van der Waals surface area (Å²) in [5.74, 6) is -1.06. The Hall–Kier alpha value is -3.43. The molecule has 4 atom stereocenters. The number of carbonyl (C=O) groups is 4. The van der Waals surface area contributed by atoms with Gasteiger partial charge in [0.15, 0.2) is 0 Å². The van der Waals surface area contributed by atoms with Crippen LogP contribution in [0.5, 0.6) is 0 Å². The molecule has 10 heteroatoms. The molecule has 0 spiro atoms. The number of likely N-dealkylation sites (N-methyl/N-ethyl adjacent to an activating group) is 1. The Morgan fingerprint density at radius 2 is 1.74 bits per heavy atom. The number of rotatable bonds is 9. The molecule has 2 aliphatic rings. The van der Waals surface area contributed by atoms with Crippen molar-refractivity contribution in [1.82, 2.24) is 25.3 Å². The van der Waals surface area contributed by atoms with Crippen molar-refractivity contribution in [2.75, 3.05) is 26.7 Å². The Balaban J connectivity index is 1.65. The van der Waals surface area contributed by atoms with Crippen molar-refractivity contribution < 1.29 is 19.2 Å². The van der Waals surface area contributed by atoms with Crippen molar-refractivity contribution in [2.24, 2.45) is 5.41 Å². The van der Waals surface area contributed by atoms with E-state index in [0.717, 1.165) is 16.7 Å². The van der Waals surface area contributed by atoms with Gasteiger partial charge in [0.05, 0.1) is 12.6 Å². The third kappa shape index (κ3) is 6.79. The summed E-state index contributed by atoms with van der Waals surface area (Å²) in [5.41, 5.74) is 2.34. The molecule has 2 unspecified atom stereocenters. The molecule has 0 aromatic heterocycles. The van der Waals surface area contributed by atoms with Gasteiger partial charge in [0.25, 0.3) is 0 Å². The van der Waals surface area contributed by atoms with E-state index >= 15 is 0 Å².